The molecule has 0 aliphatic carbocycles. The number of methoxy groups -OCH3 is 1. The molecule has 0 spiro atoms. The van der Waals surface area contributed by atoms with Crippen LogP contribution in [0.2, 0.25) is 0 Å². The van der Waals surface area contributed by atoms with Gasteiger partial charge in [0.15, 0.2) is 0 Å². The van der Waals surface area contributed by atoms with Gasteiger partial charge in [0.2, 0.25) is 0 Å². The van der Waals surface area contributed by atoms with Crippen molar-refractivity contribution in [1.29, 1.82) is 0 Å². The molecule has 0 aromatic carbocycles. The van der Waals surface area contributed by atoms with Crippen LogP contribution in [-0.4, -0.2) is 67.9 Å². The molecule has 0 radical (unpaired) electrons. The van der Waals surface area contributed by atoms with Crippen molar-refractivity contribution in [3.63, 3.8) is 0 Å². The largest absolute Gasteiger partial charge is 0.481 e. The lowest BCUT2D eigenvalue weighted by Crippen LogP contribution is -2.48. The molecule has 1 heterocycles. The average molecular weight is 287 g/mol. The van der Waals surface area contributed by atoms with Crippen molar-refractivity contribution < 1.29 is 19.4 Å². The lowest BCUT2D eigenvalue weighted by Gasteiger charge is -2.32. The first-order valence-corrected chi connectivity index (χ1v) is 6.99. The molecule has 20 heavy (non-hydrogen) atoms. The van der Waals surface area contributed by atoms with Crippen LogP contribution in [0.25, 0.3) is 0 Å². The zero-order chi connectivity index (χ0) is 15.0. The van der Waals surface area contributed by atoms with Gasteiger partial charge in [0.05, 0.1) is 12.5 Å². The summed E-state index contributed by atoms with van der Waals surface area (Å²) in [4.78, 5) is 24.5. The molecular formula is C13H25N3O4. The molecule has 2 amide bonds. The number of carboxylic acid groups (broad SMARTS) is 1. The first kappa shape index (κ1) is 16.7. The van der Waals surface area contributed by atoms with Gasteiger partial charge in [-0.25, -0.2) is 4.79 Å². The maximum atomic E-state index is 11.7. The summed E-state index contributed by atoms with van der Waals surface area (Å²) in [7, 11) is 3.50. The summed E-state index contributed by atoms with van der Waals surface area (Å²) in [6.45, 7) is 1.87. The molecule has 1 rings (SSSR count). The van der Waals surface area contributed by atoms with Crippen LogP contribution in [0, 0.1) is 0 Å². The second-order valence-electron chi connectivity index (χ2n) is 5.18. The van der Waals surface area contributed by atoms with Crippen LogP contribution in [0.15, 0.2) is 0 Å². The van der Waals surface area contributed by atoms with Crippen LogP contribution >= 0.6 is 0 Å². The Morgan fingerprint density at radius 2 is 2.15 bits per heavy atom. The van der Waals surface area contributed by atoms with Crippen molar-refractivity contribution in [3.8, 4) is 0 Å². The van der Waals surface area contributed by atoms with Crippen molar-refractivity contribution in [2.24, 2.45) is 0 Å². The number of nitrogens with one attached hydrogen (secondary N) is 2. The van der Waals surface area contributed by atoms with E-state index in [9.17, 15) is 9.59 Å². The van der Waals surface area contributed by atoms with Gasteiger partial charge in [0.25, 0.3) is 0 Å². The second-order valence-corrected chi connectivity index (χ2v) is 5.18. The van der Waals surface area contributed by atoms with Gasteiger partial charge in [-0.1, -0.05) is 6.42 Å². The summed E-state index contributed by atoms with van der Waals surface area (Å²) >= 11 is 0. The number of hydrogen-bond donors (Lipinski definition) is 3. The highest BCUT2D eigenvalue weighted by molar-refractivity contribution is 5.74. The molecule has 1 aliphatic rings. The molecule has 1 aliphatic heterocycles. The number of piperidine rings is 1. The van der Waals surface area contributed by atoms with Gasteiger partial charge in [-0.3, -0.25) is 4.79 Å². The van der Waals surface area contributed by atoms with Crippen LogP contribution < -0.4 is 10.6 Å². The molecule has 0 aromatic heterocycles. The smallest absolute Gasteiger partial charge is 0.314 e. The Morgan fingerprint density at radius 3 is 2.75 bits per heavy atom. The number of ether oxygens (including phenoxy) is 1. The SMILES string of the molecule is COC(CNC(=O)NCC1CCCCN1C)CC(=O)O. The lowest BCUT2D eigenvalue weighted by atomic mass is 10.0. The topological polar surface area (TPSA) is 90.9 Å². The fourth-order valence-corrected chi connectivity index (χ4v) is 2.32. The summed E-state index contributed by atoms with van der Waals surface area (Å²) < 4.78 is 4.99. The van der Waals surface area contributed by atoms with Crippen molar-refractivity contribution >= 4 is 12.0 Å². The maximum absolute atomic E-state index is 11.7. The van der Waals surface area contributed by atoms with Gasteiger partial charge in [-0.05, 0) is 26.4 Å². The maximum Gasteiger partial charge on any atom is 0.314 e. The van der Waals surface area contributed by atoms with Crippen LogP contribution in [0.4, 0.5) is 4.79 Å². The Bertz CT molecular complexity index is 325. The molecule has 0 saturated carbocycles. The van der Waals surface area contributed by atoms with E-state index in [1.54, 1.807) is 0 Å². The van der Waals surface area contributed by atoms with E-state index < -0.39 is 12.1 Å². The standard InChI is InChI=1S/C13H25N3O4/c1-16-6-4-3-5-10(16)8-14-13(19)15-9-11(20-2)7-12(17)18/h10-11H,3-9H2,1-2H3,(H,17,18)(H2,14,15,19). The van der Waals surface area contributed by atoms with Gasteiger partial charge in [-0.15, -0.1) is 0 Å². The van der Waals surface area contributed by atoms with E-state index in [4.69, 9.17) is 9.84 Å². The average Bonchev–Trinajstić information content (AvgIpc) is 2.42. The van der Waals surface area contributed by atoms with Crippen molar-refractivity contribution in [3.05, 3.63) is 0 Å². The fraction of sp³-hybridized carbons (Fsp3) is 0.846. The molecular weight excluding hydrogens is 262 g/mol. The van der Waals surface area contributed by atoms with Gasteiger partial charge in [0.1, 0.15) is 0 Å². The second kappa shape index (κ2) is 8.76. The van der Waals surface area contributed by atoms with E-state index in [0.717, 1.165) is 13.0 Å². The van der Waals surface area contributed by atoms with Crippen molar-refractivity contribution in [2.75, 3.05) is 33.8 Å². The summed E-state index contributed by atoms with van der Waals surface area (Å²) in [5.41, 5.74) is 0. The number of urea groups is 1. The number of carbonyl (C=O) groups is 2. The number of hydrogen-bond acceptors (Lipinski definition) is 4. The third kappa shape index (κ3) is 6.21. The van der Waals surface area contributed by atoms with E-state index in [0.29, 0.717) is 12.6 Å². The van der Waals surface area contributed by atoms with Crippen molar-refractivity contribution in [1.82, 2.24) is 15.5 Å². The van der Waals surface area contributed by atoms with E-state index in [-0.39, 0.29) is 19.0 Å². The van der Waals surface area contributed by atoms with Crippen LogP contribution in [-0.2, 0) is 9.53 Å². The van der Waals surface area contributed by atoms with E-state index in [1.165, 1.54) is 20.0 Å². The Kier molecular flexibility index (Phi) is 7.32. The molecule has 7 heteroatoms. The van der Waals surface area contributed by atoms with E-state index in [1.807, 2.05) is 0 Å². The Balaban J connectivity index is 2.20. The number of aliphatic carboxylic acids is 1. The van der Waals surface area contributed by atoms with Gasteiger partial charge >= 0.3 is 12.0 Å². The zero-order valence-electron chi connectivity index (χ0n) is 12.2. The predicted octanol–water partition coefficient (Wildman–Crippen LogP) is 0.260. The molecule has 3 N–H and O–H groups in total. The van der Waals surface area contributed by atoms with Crippen LogP contribution in [0.3, 0.4) is 0 Å². The monoisotopic (exact) mass is 287 g/mol. The Hall–Kier alpha value is -1.34. The third-order valence-corrected chi connectivity index (χ3v) is 3.65. The number of amides is 2. The minimum Gasteiger partial charge on any atom is -0.481 e. The van der Waals surface area contributed by atoms with Gasteiger partial charge in [0, 0.05) is 26.2 Å². The summed E-state index contributed by atoms with van der Waals surface area (Å²) in [5.74, 6) is -0.942. The highest BCUT2D eigenvalue weighted by Crippen LogP contribution is 2.13. The quantitative estimate of drug-likeness (QED) is 0.625. The third-order valence-electron chi connectivity index (χ3n) is 3.65. The van der Waals surface area contributed by atoms with Crippen molar-refractivity contribution in [2.45, 2.75) is 37.8 Å². The minimum atomic E-state index is -0.942. The summed E-state index contributed by atoms with van der Waals surface area (Å²) in [6, 6.07) is 0.100. The lowest BCUT2D eigenvalue weighted by molar-refractivity contribution is -0.139. The Labute approximate surface area is 119 Å². The molecule has 2 atom stereocenters. The minimum absolute atomic E-state index is 0.123. The number of likely N-dealkylation sites (tertiary alicyclic amines) is 1. The Morgan fingerprint density at radius 1 is 1.40 bits per heavy atom. The van der Waals surface area contributed by atoms with Crippen LogP contribution in [0.5, 0.6) is 0 Å². The van der Waals surface area contributed by atoms with Crippen LogP contribution in [0.1, 0.15) is 25.7 Å². The molecule has 116 valence electrons. The van der Waals surface area contributed by atoms with Gasteiger partial charge in [-0.2, -0.15) is 0 Å². The first-order chi connectivity index (χ1) is 9.52. The molecule has 0 bridgehead atoms. The highest BCUT2D eigenvalue weighted by Gasteiger charge is 2.19. The van der Waals surface area contributed by atoms with E-state index >= 15 is 0 Å². The molecule has 2 unspecified atom stereocenters. The highest BCUT2D eigenvalue weighted by atomic mass is 16.5. The molecule has 1 fully saturated rings. The molecule has 7 nitrogen and oxygen atoms in total. The number of nitrogens with zero attached hydrogens (tertiary/aromatic N) is 1. The number of likely N-dealkylation sites (N-methyl/N-ethyl adjacent to an activating group) is 1. The summed E-state index contributed by atoms with van der Waals surface area (Å²) in [6.07, 6.45) is 2.88. The molecule has 1 saturated heterocycles. The number of carboxylic acids is 1. The van der Waals surface area contributed by atoms with E-state index in [2.05, 4.69) is 22.6 Å². The summed E-state index contributed by atoms with van der Waals surface area (Å²) in [5, 5.41) is 14.1. The predicted molar refractivity (Wildman–Crippen MR) is 74.7 cm³/mol. The zero-order valence-corrected chi connectivity index (χ0v) is 12.2. The fourth-order valence-electron chi connectivity index (χ4n) is 2.32. The number of rotatable bonds is 7. The normalized spacial score (nSPS) is 21.2. The van der Waals surface area contributed by atoms with Gasteiger partial charge < -0.3 is 25.4 Å². The molecule has 0 aromatic rings. The number of carbonyl (C=O) groups excluding carboxylic acids is 1. The first-order valence-electron chi connectivity index (χ1n) is 6.99.